The molecule has 1 saturated carbocycles. The van der Waals surface area contributed by atoms with Gasteiger partial charge in [-0.25, -0.2) is 4.98 Å². The molecule has 0 amide bonds. The van der Waals surface area contributed by atoms with E-state index < -0.39 is 0 Å². The number of nitrogens with one attached hydrogen (secondary N) is 1. The van der Waals surface area contributed by atoms with Gasteiger partial charge in [-0.05, 0) is 40.3 Å². The van der Waals surface area contributed by atoms with Gasteiger partial charge in [0.05, 0.1) is 6.54 Å². The van der Waals surface area contributed by atoms with E-state index in [1.165, 1.54) is 19.3 Å². The second-order valence-electron chi connectivity index (χ2n) is 5.21. The molecule has 1 fully saturated rings. The number of imidazole rings is 1. The Morgan fingerprint density at radius 3 is 2.76 bits per heavy atom. The van der Waals surface area contributed by atoms with Crippen LogP contribution in [-0.2, 0) is 13.1 Å². The van der Waals surface area contributed by atoms with Crippen molar-refractivity contribution in [1.29, 1.82) is 0 Å². The van der Waals surface area contributed by atoms with E-state index in [4.69, 9.17) is 0 Å². The third-order valence-corrected chi connectivity index (χ3v) is 4.11. The molecule has 1 aliphatic rings. The van der Waals surface area contributed by atoms with Gasteiger partial charge in [-0.2, -0.15) is 0 Å². The Bertz CT molecular complexity index is 352. The SMILES string of the molecule is CCn1ccnc1CNCC1(N(C)C)CCC1. The van der Waals surface area contributed by atoms with Crippen LogP contribution in [0.2, 0.25) is 0 Å². The second kappa shape index (κ2) is 5.19. The average Bonchev–Trinajstić information content (AvgIpc) is 2.68. The van der Waals surface area contributed by atoms with Crippen molar-refractivity contribution >= 4 is 0 Å². The molecule has 96 valence electrons. The molecule has 0 aromatic carbocycles. The molecule has 0 saturated heterocycles. The third kappa shape index (κ3) is 2.53. The minimum absolute atomic E-state index is 0.392. The van der Waals surface area contributed by atoms with Gasteiger partial charge < -0.3 is 14.8 Å². The molecule has 1 N–H and O–H groups in total. The van der Waals surface area contributed by atoms with E-state index in [9.17, 15) is 0 Å². The topological polar surface area (TPSA) is 33.1 Å². The van der Waals surface area contributed by atoms with Crippen LogP contribution >= 0.6 is 0 Å². The van der Waals surface area contributed by atoms with Gasteiger partial charge in [0.15, 0.2) is 0 Å². The lowest BCUT2D eigenvalue weighted by atomic mass is 9.75. The Morgan fingerprint density at radius 1 is 1.47 bits per heavy atom. The number of hydrogen-bond acceptors (Lipinski definition) is 3. The summed E-state index contributed by atoms with van der Waals surface area (Å²) >= 11 is 0. The average molecular weight is 236 g/mol. The summed E-state index contributed by atoms with van der Waals surface area (Å²) in [6, 6.07) is 0. The molecule has 2 rings (SSSR count). The molecule has 0 aliphatic heterocycles. The fourth-order valence-electron chi connectivity index (χ4n) is 2.57. The monoisotopic (exact) mass is 236 g/mol. The predicted molar refractivity (Wildman–Crippen MR) is 69.9 cm³/mol. The first-order valence-corrected chi connectivity index (χ1v) is 6.56. The first-order chi connectivity index (χ1) is 8.18. The predicted octanol–water partition coefficient (Wildman–Crippen LogP) is 1.48. The van der Waals surface area contributed by atoms with E-state index in [0.29, 0.717) is 5.54 Å². The summed E-state index contributed by atoms with van der Waals surface area (Å²) in [5, 5.41) is 3.56. The zero-order chi connectivity index (χ0) is 12.3. The quantitative estimate of drug-likeness (QED) is 0.812. The van der Waals surface area contributed by atoms with Crippen LogP contribution in [-0.4, -0.2) is 40.6 Å². The van der Waals surface area contributed by atoms with E-state index in [1.807, 2.05) is 12.4 Å². The van der Waals surface area contributed by atoms with E-state index in [-0.39, 0.29) is 0 Å². The summed E-state index contributed by atoms with van der Waals surface area (Å²) in [5.74, 6) is 1.14. The second-order valence-corrected chi connectivity index (χ2v) is 5.21. The molecule has 1 heterocycles. The highest BCUT2D eigenvalue weighted by Gasteiger charge is 2.38. The number of hydrogen-bond donors (Lipinski definition) is 1. The molecule has 0 spiro atoms. The maximum atomic E-state index is 4.38. The zero-order valence-electron chi connectivity index (χ0n) is 11.2. The Balaban J connectivity index is 1.83. The minimum Gasteiger partial charge on any atom is -0.334 e. The van der Waals surface area contributed by atoms with Crippen molar-refractivity contribution in [2.45, 2.75) is 44.8 Å². The lowest BCUT2D eigenvalue weighted by molar-refractivity contribution is 0.0596. The van der Waals surface area contributed by atoms with Crippen LogP contribution in [0.1, 0.15) is 32.0 Å². The van der Waals surface area contributed by atoms with Crippen LogP contribution in [0, 0.1) is 0 Å². The van der Waals surface area contributed by atoms with Crippen molar-refractivity contribution in [3.05, 3.63) is 18.2 Å². The van der Waals surface area contributed by atoms with Gasteiger partial charge in [0.25, 0.3) is 0 Å². The van der Waals surface area contributed by atoms with Crippen LogP contribution in [0.25, 0.3) is 0 Å². The largest absolute Gasteiger partial charge is 0.334 e. The molecule has 0 atom stereocenters. The molecular weight excluding hydrogens is 212 g/mol. The summed E-state index contributed by atoms with van der Waals surface area (Å²) < 4.78 is 2.19. The van der Waals surface area contributed by atoms with E-state index in [1.54, 1.807) is 0 Å². The van der Waals surface area contributed by atoms with Gasteiger partial charge in [-0.15, -0.1) is 0 Å². The van der Waals surface area contributed by atoms with Crippen LogP contribution in [0.3, 0.4) is 0 Å². The molecule has 17 heavy (non-hydrogen) atoms. The third-order valence-electron chi connectivity index (χ3n) is 4.11. The van der Waals surface area contributed by atoms with Gasteiger partial charge in [0, 0.05) is 31.0 Å². The highest BCUT2D eigenvalue weighted by atomic mass is 15.2. The molecule has 1 aromatic rings. The van der Waals surface area contributed by atoms with Gasteiger partial charge in [0.1, 0.15) is 5.82 Å². The van der Waals surface area contributed by atoms with E-state index in [0.717, 1.165) is 25.5 Å². The highest BCUT2D eigenvalue weighted by molar-refractivity contribution is 4.99. The molecule has 0 unspecified atom stereocenters. The molecule has 4 nitrogen and oxygen atoms in total. The summed E-state index contributed by atoms with van der Waals surface area (Å²) in [7, 11) is 4.38. The Labute approximate surface area is 104 Å². The summed E-state index contributed by atoms with van der Waals surface area (Å²) in [4.78, 5) is 6.75. The lowest BCUT2D eigenvalue weighted by Gasteiger charge is -2.47. The maximum absolute atomic E-state index is 4.38. The van der Waals surface area contributed by atoms with E-state index in [2.05, 4.69) is 40.8 Å². The Kier molecular flexibility index (Phi) is 3.84. The first kappa shape index (κ1) is 12.6. The van der Waals surface area contributed by atoms with E-state index >= 15 is 0 Å². The van der Waals surface area contributed by atoms with Crippen molar-refractivity contribution in [3.63, 3.8) is 0 Å². The normalized spacial score (nSPS) is 18.4. The van der Waals surface area contributed by atoms with Crippen molar-refractivity contribution in [3.8, 4) is 0 Å². The van der Waals surface area contributed by atoms with Gasteiger partial charge in [0.2, 0.25) is 0 Å². The van der Waals surface area contributed by atoms with Gasteiger partial charge in [-0.3, -0.25) is 0 Å². The Hall–Kier alpha value is -0.870. The molecule has 0 radical (unpaired) electrons. The van der Waals surface area contributed by atoms with Crippen molar-refractivity contribution in [1.82, 2.24) is 19.8 Å². The fourth-order valence-corrected chi connectivity index (χ4v) is 2.57. The molecule has 4 heteroatoms. The van der Waals surface area contributed by atoms with Crippen molar-refractivity contribution in [2.24, 2.45) is 0 Å². The van der Waals surface area contributed by atoms with Crippen molar-refractivity contribution in [2.75, 3.05) is 20.6 Å². The minimum atomic E-state index is 0.392. The molecule has 1 aromatic heterocycles. The van der Waals surface area contributed by atoms with Crippen LogP contribution in [0.5, 0.6) is 0 Å². The summed E-state index contributed by atoms with van der Waals surface area (Å²) in [6.07, 6.45) is 7.92. The standard InChI is InChI=1S/C13H24N4/c1-4-17-9-8-15-12(17)10-14-11-13(16(2)3)6-5-7-13/h8-9,14H,4-7,10-11H2,1-3H3. The number of likely N-dealkylation sites (N-methyl/N-ethyl adjacent to an activating group) is 1. The zero-order valence-corrected chi connectivity index (χ0v) is 11.2. The fraction of sp³-hybridized carbons (Fsp3) is 0.769. The number of aryl methyl sites for hydroxylation is 1. The molecule has 0 bridgehead atoms. The lowest BCUT2D eigenvalue weighted by Crippen LogP contribution is -2.56. The van der Waals surface area contributed by atoms with Crippen LogP contribution in [0.4, 0.5) is 0 Å². The first-order valence-electron chi connectivity index (χ1n) is 6.56. The smallest absolute Gasteiger partial charge is 0.122 e. The molecular formula is C13H24N4. The van der Waals surface area contributed by atoms with Gasteiger partial charge >= 0.3 is 0 Å². The van der Waals surface area contributed by atoms with Crippen molar-refractivity contribution < 1.29 is 0 Å². The maximum Gasteiger partial charge on any atom is 0.122 e. The molecule has 1 aliphatic carbocycles. The summed E-state index contributed by atoms with van der Waals surface area (Å²) in [5.41, 5.74) is 0.392. The van der Waals surface area contributed by atoms with Crippen LogP contribution < -0.4 is 5.32 Å². The number of rotatable bonds is 6. The Morgan fingerprint density at radius 2 is 2.24 bits per heavy atom. The highest BCUT2D eigenvalue weighted by Crippen LogP contribution is 2.35. The number of aromatic nitrogens is 2. The number of nitrogens with zero attached hydrogens (tertiary/aromatic N) is 3. The van der Waals surface area contributed by atoms with Gasteiger partial charge in [-0.1, -0.05) is 0 Å². The van der Waals surface area contributed by atoms with Crippen LogP contribution in [0.15, 0.2) is 12.4 Å². The summed E-state index contributed by atoms with van der Waals surface area (Å²) in [6.45, 7) is 5.08.